The molecule has 1 saturated heterocycles. The number of hydrogen-bond acceptors (Lipinski definition) is 5. The number of aryl methyl sites for hydroxylation is 2. The fourth-order valence-corrected chi connectivity index (χ4v) is 4.19. The van der Waals surface area contributed by atoms with Gasteiger partial charge in [0, 0.05) is 30.5 Å². The molecule has 3 rings (SSSR count). The van der Waals surface area contributed by atoms with Crippen LogP contribution in [0.5, 0.6) is 5.75 Å². The van der Waals surface area contributed by atoms with Crippen molar-refractivity contribution in [2.75, 3.05) is 30.7 Å². The minimum atomic E-state index is -1.02. The van der Waals surface area contributed by atoms with E-state index in [4.69, 9.17) is 10.5 Å². The molecule has 1 aliphatic heterocycles. The minimum absolute atomic E-state index is 0.0178. The second-order valence-corrected chi connectivity index (χ2v) is 9.85. The number of amides is 2. The topological polar surface area (TPSA) is 96.7 Å². The number of para-hydroxylation sites is 1. The summed E-state index contributed by atoms with van der Waals surface area (Å²) in [4.78, 5) is 27.6. The van der Waals surface area contributed by atoms with Gasteiger partial charge < -0.3 is 21.1 Å². The van der Waals surface area contributed by atoms with E-state index in [1.54, 1.807) is 13.8 Å². The van der Waals surface area contributed by atoms with E-state index in [0.717, 1.165) is 59.6 Å². The van der Waals surface area contributed by atoms with Crippen LogP contribution in [0.4, 0.5) is 11.4 Å². The van der Waals surface area contributed by atoms with Crippen LogP contribution in [0.1, 0.15) is 48.9 Å². The van der Waals surface area contributed by atoms with Gasteiger partial charge in [-0.2, -0.15) is 0 Å². The number of nitrogens with two attached hydrogens (primary N) is 1. The Bertz CT molecular complexity index is 1060. The van der Waals surface area contributed by atoms with Crippen LogP contribution in [0.25, 0.3) is 0 Å². The highest BCUT2D eigenvalue weighted by Crippen LogP contribution is 2.31. The van der Waals surface area contributed by atoms with Crippen molar-refractivity contribution < 1.29 is 14.3 Å². The highest BCUT2D eigenvalue weighted by atomic mass is 16.5. The van der Waals surface area contributed by atoms with Crippen molar-refractivity contribution in [3.05, 3.63) is 52.6 Å². The smallest absolute Gasteiger partial charge is 0.263 e. The highest BCUT2D eigenvalue weighted by Gasteiger charge is 2.33. The molecule has 0 radical (unpaired) electrons. The summed E-state index contributed by atoms with van der Waals surface area (Å²) in [6.45, 7) is 13.3. The minimum Gasteiger partial charge on any atom is -0.478 e. The van der Waals surface area contributed by atoms with Gasteiger partial charge in [0.05, 0.1) is 6.54 Å². The van der Waals surface area contributed by atoms with Crippen LogP contribution in [-0.4, -0.2) is 48.0 Å². The Morgan fingerprint density at radius 3 is 2.35 bits per heavy atom. The first-order valence-corrected chi connectivity index (χ1v) is 11.9. The van der Waals surface area contributed by atoms with Gasteiger partial charge in [0.15, 0.2) is 5.60 Å². The van der Waals surface area contributed by atoms with Gasteiger partial charge in [-0.15, -0.1) is 0 Å². The molecule has 2 aromatic rings. The molecule has 4 N–H and O–H groups in total. The predicted molar refractivity (Wildman–Crippen MR) is 137 cm³/mol. The molecule has 0 unspecified atom stereocenters. The lowest BCUT2D eigenvalue weighted by Crippen LogP contribution is -2.53. The van der Waals surface area contributed by atoms with Gasteiger partial charge in [0.2, 0.25) is 5.91 Å². The van der Waals surface area contributed by atoms with Crippen LogP contribution in [0.15, 0.2) is 30.3 Å². The number of nitrogens with one attached hydrogen (secondary N) is 2. The Morgan fingerprint density at radius 1 is 1.06 bits per heavy atom. The second-order valence-electron chi connectivity index (χ2n) is 9.85. The van der Waals surface area contributed by atoms with Gasteiger partial charge in [-0.1, -0.05) is 18.2 Å². The van der Waals surface area contributed by atoms with E-state index in [0.29, 0.717) is 12.3 Å². The predicted octanol–water partition coefficient (Wildman–Crippen LogP) is 3.88. The van der Waals surface area contributed by atoms with Crippen molar-refractivity contribution in [1.29, 1.82) is 0 Å². The number of carbonyl (C=O) groups excluding carboxylic acids is 2. The van der Waals surface area contributed by atoms with E-state index >= 15 is 0 Å². The number of benzene rings is 2. The molecule has 1 fully saturated rings. The van der Waals surface area contributed by atoms with Crippen LogP contribution in [0.2, 0.25) is 0 Å². The summed E-state index contributed by atoms with van der Waals surface area (Å²) in [5, 5.41) is 6.13. The van der Waals surface area contributed by atoms with Gasteiger partial charge in [0.1, 0.15) is 5.75 Å². The summed E-state index contributed by atoms with van der Waals surface area (Å²) < 4.78 is 6.16. The summed E-state index contributed by atoms with van der Waals surface area (Å²) in [5.74, 6) is 0.518. The van der Waals surface area contributed by atoms with Crippen LogP contribution >= 0.6 is 0 Å². The summed E-state index contributed by atoms with van der Waals surface area (Å²) in [6, 6.07) is 9.71. The third-order valence-corrected chi connectivity index (χ3v) is 6.73. The largest absolute Gasteiger partial charge is 0.478 e. The molecule has 1 aliphatic rings. The molecule has 0 aromatic heterocycles. The number of carbonyl (C=O) groups is 2. The van der Waals surface area contributed by atoms with Crippen LogP contribution in [0.3, 0.4) is 0 Å². The number of nitrogens with zero attached hydrogens (tertiary/aromatic N) is 1. The molecule has 0 bridgehead atoms. The summed E-state index contributed by atoms with van der Waals surface area (Å²) >= 11 is 0. The number of piperidine rings is 1. The molecule has 1 heterocycles. The highest BCUT2D eigenvalue weighted by molar-refractivity contribution is 5.93. The Morgan fingerprint density at radius 2 is 1.71 bits per heavy atom. The van der Waals surface area contributed by atoms with Gasteiger partial charge in [0.25, 0.3) is 5.91 Å². The van der Waals surface area contributed by atoms with Gasteiger partial charge in [-0.3, -0.25) is 14.5 Å². The van der Waals surface area contributed by atoms with E-state index in [-0.39, 0.29) is 17.9 Å². The number of nitrogen functional groups attached to an aromatic ring is 1. The monoisotopic (exact) mass is 466 g/mol. The standard InChI is InChI=1S/C27H38N4O3/c1-17-9-7-8-10-22(17)30-24(32)16-31-13-11-21(12-14-31)29-26(33)27(5,6)34-23-15-18(2)25(28)20(4)19(23)3/h7-10,15,21H,11-14,16,28H2,1-6H3,(H,29,33)(H,30,32). The van der Waals surface area contributed by atoms with E-state index < -0.39 is 5.60 Å². The second kappa shape index (κ2) is 10.5. The lowest BCUT2D eigenvalue weighted by molar-refractivity contribution is -0.135. The van der Waals surface area contributed by atoms with Crippen molar-refractivity contribution in [1.82, 2.24) is 10.2 Å². The molecular formula is C27H38N4O3. The fraction of sp³-hybridized carbons (Fsp3) is 0.481. The van der Waals surface area contributed by atoms with Gasteiger partial charge in [-0.05, 0) is 88.8 Å². The SMILES string of the molecule is Cc1ccccc1NC(=O)CN1CCC(NC(=O)C(C)(C)Oc2cc(C)c(N)c(C)c2C)CC1. The summed E-state index contributed by atoms with van der Waals surface area (Å²) in [6.07, 6.45) is 1.58. The van der Waals surface area contributed by atoms with Crippen LogP contribution in [-0.2, 0) is 9.59 Å². The molecule has 0 aliphatic carbocycles. The average Bonchev–Trinajstić information content (AvgIpc) is 2.78. The van der Waals surface area contributed by atoms with E-state index in [2.05, 4.69) is 15.5 Å². The Balaban J connectivity index is 1.50. The maximum absolute atomic E-state index is 13.0. The number of rotatable bonds is 7. The third kappa shape index (κ3) is 6.08. The Labute approximate surface area is 203 Å². The van der Waals surface area contributed by atoms with Gasteiger partial charge >= 0.3 is 0 Å². The zero-order valence-electron chi connectivity index (χ0n) is 21.2. The van der Waals surface area contributed by atoms with E-state index in [9.17, 15) is 9.59 Å². The molecular weight excluding hydrogens is 428 g/mol. The molecule has 34 heavy (non-hydrogen) atoms. The van der Waals surface area contributed by atoms with E-state index in [1.807, 2.05) is 58.0 Å². The number of anilines is 2. The molecule has 0 saturated carbocycles. The van der Waals surface area contributed by atoms with Crippen molar-refractivity contribution in [3.8, 4) is 5.75 Å². The Kier molecular flexibility index (Phi) is 7.87. The molecule has 184 valence electrons. The Hall–Kier alpha value is -3.06. The molecule has 0 atom stereocenters. The summed E-state index contributed by atoms with van der Waals surface area (Å²) in [7, 11) is 0. The number of likely N-dealkylation sites (tertiary alicyclic amines) is 1. The molecule has 0 spiro atoms. The average molecular weight is 467 g/mol. The van der Waals surface area contributed by atoms with E-state index in [1.165, 1.54) is 0 Å². The molecule has 7 nitrogen and oxygen atoms in total. The number of ether oxygens (including phenoxy) is 1. The van der Waals surface area contributed by atoms with Gasteiger partial charge in [-0.25, -0.2) is 0 Å². The zero-order chi connectivity index (χ0) is 25.0. The molecule has 7 heteroatoms. The van der Waals surface area contributed by atoms with Crippen molar-refractivity contribution in [2.45, 2.75) is 66.0 Å². The fourth-order valence-electron chi connectivity index (χ4n) is 4.19. The van der Waals surface area contributed by atoms with Crippen LogP contribution < -0.4 is 21.1 Å². The van der Waals surface area contributed by atoms with Crippen molar-refractivity contribution in [2.24, 2.45) is 0 Å². The maximum Gasteiger partial charge on any atom is 0.263 e. The lowest BCUT2D eigenvalue weighted by Gasteiger charge is -2.34. The molecule has 2 amide bonds. The molecule has 2 aromatic carbocycles. The number of hydrogen-bond donors (Lipinski definition) is 3. The van der Waals surface area contributed by atoms with Crippen molar-refractivity contribution >= 4 is 23.2 Å². The van der Waals surface area contributed by atoms with Crippen LogP contribution in [0, 0.1) is 27.7 Å². The zero-order valence-corrected chi connectivity index (χ0v) is 21.2. The summed E-state index contributed by atoms with van der Waals surface area (Å²) in [5.41, 5.74) is 10.6. The first kappa shape index (κ1) is 25.6. The first-order valence-electron chi connectivity index (χ1n) is 11.9. The first-order chi connectivity index (χ1) is 16.0. The normalized spacial score (nSPS) is 15.1. The lowest BCUT2D eigenvalue weighted by atomic mass is 10.0. The van der Waals surface area contributed by atoms with Crippen molar-refractivity contribution in [3.63, 3.8) is 0 Å². The quantitative estimate of drug-likeness (QED) is 0.538. The third-order valence-electron chi connectivity index (χ3n) is 6.73. The maximum atomic E-state index is 13.0.